The zero-order valence-corrected chi connectivity index (χ0v) is 16.5. The van der Waals surface area contributed by atoms with Crippen molar-refractivity contribution < 1.29 is 18.7 Å². The third-order valence-corrected chi connectivity index (χ3v) is 4.78. The van der Waals surface area contributed by atoms with Crippen molar-refractivity contribution in [1.29, 1.82) is 0 Å². The molecule has 0 atom stereocenters. The molecule has 1 aromatic carbocycles. The van der Waals surface area contributed by atoms with Gasteiger partial charge in [0.2, 0.25) is 5.89 Å². The first-order valence-corrected chi connectivity index (χ1v) is 9.22. The maximum absolute atomic E-state index is 12.5. The van der Waals surface area contributed by atoms with Gasteiger partial charge in [0, 0.05) is 18.1 Å². The van der Waals surface area contributed by atoms with Crippen LogP contribution in [0.4, 0.5) is 0 Å². The molecule has 27 heavy (non-hydrogen) atoms. The van der Waals surface area contributed by atoms with Crippen LogP contribution in [-0.2, 0) is 13.2 Å². The van der Waals surface area contributed by atoms with Crippen LogP contribution in [0.5, 0.6) is 11.5 Å². The van der Waals surface area contributed by atoms with E-state index in [1.54, 1.807) is 19.1 Å². The normalized spacial score (nSPS) is 10.7. The lowest BCUT2D eigenvalue weighted by Crippen LogP contribution is -2.26. The van der Waals surface area contributed by atoms with Gasteiger partial charge in [-0.05, 0) is 31.5 Å². The summed E-state index contributed by atoms with van der Waals surface area (Å²) in [7, 11) is 3.30. The topological polar surface area (TPSA) is 77.7 Å². The minimum Gasteiger partial charge on any atom is -0.493 e. The van der Waals surface area contributed by atoms with Gasteiger partial charge in [-0.2, -0.15) is 0 Å². The van der Waals surface area contributed by atoms with Gasteiger partial charge in [0.25, 0.3) is 5.91 Å². The van der Waals surface area contributed by atoms with Gasteiger partial charge in [-0.1, -0.05) is 6.07 Å². The van der Waals surface area contributed by atoms with Crippen LogP contribution in [0.1, 0.15) is 32.6 Å². The van der Waals surface area contributed by atoms with Crippen LogP contribution in [0.2, 0.25) is 0 Å². The highest BCUT2D eigenvalue weighted by Gasteiger charge is 2.18. The molecule has 0 aliphatic carbocycles. The second-order valence-corrected chi connectivity index (χ2v) is 7.06. The first-order chi connectivity index (χ1) is 13.0. The molecule has 0 spiro atoms. The molecule has 0 aliphatic rings. The lowest BCUT2D eigenvalue weighted by molar-refractivity contribution is 0.0779. The van der Waals surface area contributed by atoms with Gasteiger partial charge in [0.1, 0.15) is 11.3 Å². The molecule has 0 bridgehead atoms. The number of rotatable bonds is 7. The van der Waals surface area contributed by atoms with E-state index in [0.29, 0.717) is 23.9 Å². The Balaban J connectivity index is 1.61. The van der Waals surface area contributed by atoms with Gasteiger partial charge < -0.3 is 18.8 Å². The monoisotopic (exact) mass is 387 g/mol. The Labute approximate surface area is 161 Å². The van der Waals surface area contributed by atoms with E-state index >= 15 is 0 Å². The lowest BCUT2D eigenvalue weighted by atomic mass is 10.2. The van der Waals surface area contributed by atoms with Gasteiger partial charge in [0.05, 0.1) is 13.7 Å². The maximum atomic E-state index is 12.5. The summed E-state index contributed by atoms with van der Waals surface area (Å²) in [6.45, 7) is 4.43. The molecule has 3 rings (SSSR count). The number of carbonyl (C=O) groups is 1. The minimum absolute atomic E-state index is 0.0993. The van der Waals surface area contributed by atoms with Crippen LogP contribution in [0, 0.1) is 13.8 Å². The molecule has 0 aliphatic heterocycles. The molecule has 2 aromatic heterocycles. The molecule has 0 saturated carbocycles. The Morgan fingerprint density at radius 2 is 2.07 bits per heavy atom. The van der Waals surface area contributed by atoms with Crippen molar-refractivity contribution in [2.24, 2.45) is 0 Å². The highest BCUT2D eigenvalue weighted by atomic mass is 32.1. The Morgan fingerprint density at radius 1 is 1.26 bits per heavy atom. The zero-order valence-electron chi connectivity index (χ0n) is 15.7. The van der Waals surface area contributed by atoms with Crippen molar-refractivity contribution >= 4 is 17.2 Å². The van der Waals surface area contributed by atoms with Crippen molar-refractivity contribution in [1.82, 2.24) is 14.9 Å². The van der Waals surface area contributed by atoms with Crippen LogP contribution in [0.3, 0.4) is 0 Å². The van der Waals surface area contributed by atoms with E-state index < -0.39 is 0 Å². The fourth-order valence-corrected chi connectivity index (χ4v) is 3.28. The summed E-state index contributed by atoms with van der Waals surface area (Å²) in [6, 6.07) is 5.64. The highest BCUT2D eigenvalue weighted by molar-refractivity contribution is 7.09. The van der Waals surface area contributed by atoms with Gasteiger partial charge in [-0.25, -0.2) is 9.97 Å². The predicted octanol–water partition coefficient (Wildman–Crippen LogP) is 3.61. The molecule has 0 saturated heterocycles. The molecule has 1 amide bonds. The van der Waals surface area contributed by atoms with Crippen LogP contribution in [0.25, 0.3) is 0 Å². The number of amides is 1. The van der Waals surface area contributed by atoms with Crippen molar-refractivity contribution in [2.75, 3.05) is 14.2 Å². The van der Waals surface area contributed by atoms with Crippen molar-refractivity contribution in [2.45, 2.75) is 27.0 Å². The molecule has 2 heterocycles. The average Bonchev–Trinajstić information content (AvgIpc) is 3.28. The molecule has 0 fully saturated rings. The van der Waals surface area contributed by atoms with Crippen LogP contribution >= 0.6 is 11.3 Å². The number of methoxy groups -OCH3 is 1. The number of aryl methyl sites for hydroxylation is 2. The number of thiazole rings is 1. The number of benzene rings is 1. The molecule has 0 radical (unpaired) electrons. The summed E-state index contributed by atoms with van der Waals surface area (Å²) >= 11 is 1.53. The van der Waals surface area contributed by atoms with Crippen molar-refractivity contribution in [3.05, 3.63) is 57.7 Å². The van der Waals surface area contributed by atoms with Crippen LogP contribution < -0.4 is 9.47 Å². The number of hydrogen-bond acceptors (Lipinski definition) is 7. The molecule has 142 valence electrons. The van der Waals surface area contributed by atoms with Crippen molar-refractivity contribution in [3.8, 4) is 11.5 Å². The molecule has 0 N–H and O–H groups in total. The fourth-order valence-electron chi connectivity index (χ4n) is 2.45. The van der Waals surface area contributed by atoms with Gasteiger partial charge in [-0.3, -0.25) is 4.79 Å². The van der Waals surface area contributed by atoms with E-state index in [-0.39, 0.29) is 18.2 Å². The number of hydrogen-bond donors (Lipinski definition) is 0. The standard InChI is InChI=1S/C19H21N3O4S/c1-12-5-6-15(16(7-12)24-4)25-10-17-21-14(9-26-17)19(23)22(3)8-18-20-13(2)11-27-18/h5-7,9,11H,8,10H2,1-4H3. The second kappa shape index (κ2) is 8.22. The highest BCUT2D eigenvalue weighted by Crippen LogP contribution is 2.28. The smallest absolute Gasteiger partial charge is 0.275 e. The fraction of sp³-hybridized carbons (Fsp3) is 0.316. The van der Waals surface area contributed by atoms with Gasteiger partial charge in [0.15, 0.2) is 23.8 Å². The van der Waals surface area contributed by atoms with Crippen LogP contribution in [-0.4, -0.2) is 34.9 Å². The number of ether oxygens (including phenoxy) is 2. The molecule has 7 nitrogen and oxygen atoms in total. The van der Waals surface area contributed by atoms with Gasteiger partial charge in [-0.15, -0.1) is 11.3 Å². The van der Waals surface area contributed by atoms with Crippen molar-refractivity contribution in [3.63, 3.8) is 0 Å². The number of aromatic nitrogens is 2. The molecular formula is C19H21N3O4S. The first kappa shape index (κ1) is 18.9. The van der Waals surface area contributed by atoms with Crippen LogP contribution in [0.15, 0.2) is 34.3 Å². The summed E-state index contributed by atoms with van der Waals surface area (Å²) in [5.74, 6) is 1.31. The van der Waals surface area contributed by atoms with E-state index in [1.807, 2.05) is 37.4 Å². The minimum atomic E-state index is -0.231. The average molecular weight is 387 g/mol. The van der Waals surface area contributed by atoms with E-state index in [9.17, 15) is 4.79 Å². The molecular weight excluding hydrogens is 366 g/mol. The summed E-state index contributed by atoms with van der Waals surface area (Å²) in [6.07, 6.45) is 1.34. The SMILES string of the molecule is COc1cc(C)ccc1OCc1nc(C(=O)N(C)Cc2nc(C)cs2)co1. The quantitative estimate of drug-likeness (QED) is 0.616. The molecule has 8 heteroatoms. The largest absolute Gasteiger partial charge is 0.493 e. The second-order valence-electron chi connectivity index (χ2n) is 6.11. The summed E-state index contributed by atoms with van der Waals surface area (Å²) < 4.78 is 16.4. The Hall–Kier alpha value is -2.87. The molecule has 0 unspecified atom stereocenters. The maximum Gasteiger partial charge on any atom is 0.275 e. The predicted molar refractivity (Wildman–Crippen MR) is 101 cm³/mol. The van der Waals surface area contributed by atoms with E-state index in [2.05, 4.69) is 9.97 Å². The third-order valence-electron chi connectivity index (χ3n) is 3.83. The number of oxazole rings is 1. The van der Waals surface area contributed by atoms with Gasteiger partial charge >= 0.3 is 0 Å². The number of nitrogens with zero attached hydrogens (tertiary/aromatic N) is 3. The Morgan fingerprint density at radius 3 is 2.78 bits per heavy atom. The Bertz CT molecular complexity index is 935. The number of carbonyl (C=O) groups excluding carboxylic acids is 1. The van der Waals surface area contributed by atoms with E-state index in [4.69, 9.17) is 13.9 Å². The Kier molecular flexibility index (Phi) is 5.75. The molecule has 3 aromatic rings. The lowest BCUT2D eigenvalue weighted by Gasteiger charge is -2.13. The third kappa shape index (κ3) is 4.65. The zero-order chi connectivity index (χ0) is 19.4. The van der Waals surface area contributed by atoms with E-state index in [0.717, 1.165) is 16.3 Å². The summed E-state index contributed by atoms with van der Waals surface area (Å²) in [4.78, 5) is 22.7. The first-order valence-electron chi connectivity index (χ1n) is 8.34. The summed E-state index contributed by atoms with van der Waals surface area (Å²) in [5, 5.41) is 2.83. The summed E-state index contributed by atoms with van der Waals surface area (Å²) in [5.41, 5.74) is 2.25. The van der Waals surface area contributed by atoms with E-state index in [1.165, 1.54) is 17.6 Å².